The van der Waals surface area contributed by atoms with Crippen LogP contribution < -0.4 is 5.84 Å². The van der Waals surface area contributed by atoms with Gasteiger partial charge in [-0.1, -0.05) is 30.3 Å². The number of hydrogen-bond donors (Lipinski definition) is 2. The third-order valence-electron chi connectivity index (χ3n) is 1.37. The highest BCUT2D eigenvalue weighted by molar-refractivity contribution is 5.49. The van der Waals surface area contributed by atoms with Crippen LogP contribution in [0, 0.1) is 5.41 Å². The Hall–Kier alpha value is -1.35. The molecule has 0 saturated carbocycles. The molecule has 58 valence electrons. The fourth-order valence-corrected chi connectivity index (χ4v) is 0.840. The zero-order valence-corrected chi connectivity index (χ0v) is 6.20. The molecular formula is C8H11N3. The van der Waals surface area contributed by atoms with Crippen molar-refractivity contribution in [1.29, 1.82) is 5.41 Å². The maximum atomic E-state index is 6.83. The molecule has 0 heterocycles. The molecule has 0 aliphatic heterocycles. The molecule has 0 atom stereocenters. The predicted molar refractivity (Wildman–Crippen MR) is 45.0 cm³/mol. The van der Waals surface area contributed by atoms with Crippen molar-refractivity contribution in [2.24, 2.45) is 5.84 Å². The van der Waals surface area contributed by atoms with Gasteiger partial charge in [0.25, 0.3) is 0 Å². The smallest absolute Gasteiger partial charge is 0.0961 e. The van der Waals surface area contributed by atoms with Gasteiger partial charge >= 0.3 is 0 Å². The molecule has 1 aromatic rings. The number of benzene rings is 1. The largest absolute Gasteiger partial charge is 0.297 e. The minimum Gasteiger partial charge on any atom is -0.297 e. The van der Waals surface area contributed by atoms with Crippen LogP contribution in [0.25, 0.3) is 0 Å². The molecule has 0 fully saturated rings. The molecule has 0 radical (unpaired) electrons. The van der Waals surface area contributed by atoms with E-state index in [1.54, 1.807) is 0 Å². The van der Waals surface area contributed by atoms with Crippen LogP contribution in [0.3, 0.4) is 0 Å². The van der Waals surface area contributed by atoms with Crippen molar-refractivity contribution in [1.82, 2.24) is 5.01 Å². The number of nitrogens with one attached hydrogen (secondary N) is 1. The first-order chi connectivity index (χ1) is 5.33. The number of hydrogen-bond acceptors (Lipinski definition) is 2. The fraction of sp³-hybridized carbons (Fsp3) is 0.125. The van der Waals surface area contributed by atoms with E-state index in [1.807, 2.05) is 30.3 Å². The van der Waals surface area contributed by atoms with Gasteiger partial charge in [0, 0.05) is 0 Å². The summed E-state index contributed by atoms with van der Waals surface area (Å²) in [4.78, 5) is 0. The van der Waals surface area contributed by atoms with Crippen molar-refractivity contribution in [2.45, 2.75) is 6.54 Å². The molecule has 0 aliphatic rings. The summed E-state index contributed by atoms with van der Waals surface area (Å²) in [6.07, 6.45) is 1.10. The number of nitrogens with zero attached hydrogens (tertiary/aromatic N) is 1. The van der Waals surface area contributed by atoms with E-state index < -0.39 is 0 Å². The summed E-state index contributed by atoms with van der Waals surface area (Å²) in [6, 6.07) is 9.81. The summed E-state index contributed by atoms with van der Waals surface area (Å²) in [7, 11) is 0. The lowest BCUT2D eigenvalue weighted by atomic mass is 10.2. The fourth-order valence-electron chi connectivity index (χ4n) is 0.840. The van der Waals surface area contributed by atoms with Gasteiger partial charge in [0.05, 0.1) is 12.9 Å². The van der Waals surface area contributed by atoms with Crippen LogP contribution >= 0.6 is 0 Å². The van der Waals surface area contributed by atoms with Crippen molar-refractivity contribution < 1.29 is 0 Å². The molecule has 3 heteroatoms. The summed E-state index contributed by atoms with van der Waals surface area (Å²) in [5, 5.41) is 8.16. The third-order valence-corrected chi connectivity index (χ3v) is 1.37. The van der Waals surface area contributed by atoms with E-state index in [0.717, 1.165) is 11.9 Å². The highest BCUT2D eigenvalue weighted by Crippen LogP contribution is 1.99. The zero-order valence-electron chi connectivity index (χ0n) is 6.20. The van der Waals surface area contributed by atoms with E-state index in [9.17, 15) is 0 Å². The average Bonchev–Trinajstić information content (AvgIpc) is 2.06. The number of hydrazine groups is 1. The zero-order chi connectivity index (χ0) is 8.10. The number of rotatable bonds is 3. The third kappa shape index (κ3) is 2.39. The topological polar surface area (TPSA) is 53.1 Å². The molecule has 1 aromatic carbocycles. The summed E-state index contributed by atoms with van der Waals surface area (Å²) >= 11 is 0. The molecular weight excluding hydrogens is 138 g/mol. The van der Waals surface area contributed by atoms with Gasteiger partial charge < -0.3 is 0 Å². The molecule has 11 heavy (non-hydrogen) atoms. The SMILES string of the molecule is N=CN(N)Cc1ccccc1. The normalized spacial score (nSPS) is 9.18. The monoisotopic (exact) mass is 149 g/mol. The quantitative estimate of drug-likeness (QED) is 0.291. The van der Waals surface area contributed by atoms with Crippen LogP contribution in [-0.4, -0.2) is 11.3 Å². The minimum absolute atomic E-state index is 0.588. The highest BCUT2D eigenvalue weighted by atomic mass is 15.4. The predicted octanol–water partition coefficient (Wildman–Crippen LogP) is 0.969. The lowest BCUT2D eigenvalue weighted by Crippen LogP contribution is -2.28. The highest BCUT2D eigenvalue weighted by Gasteiger charge is 1.92. The number of nitrogens with two attached hydrogens (primary N) is 1. The van der Waals surface area contributed by atoms with Crippen LogP contribution in [0.4, 0.5) is 0 Å². The Morgan fingerprint density at radius 3 is 2.55 bits per heavy atom. The van der Waals surface area contributed by atoms with E-state index in [4.69, 9.17) is 11.3 Å². The Kier molecular flexibility index (Phi) is 2.63. The lowest BCUT2D eigenvalue weighted by Gasteiger charge is -2.10. The molecule has 0 aromatic heterocycles. The van der Waals surface area contributed by atoms with Crippen molar-refractivity contribution in [2.75, 3.05) is 0 Å². The second kappa shape index (κ2) is 3.73. The van der Waals surface area contributed by atoms with Gasteiger partial charge in [-0.15, -0.1) is 0 Å². The second-order valence-electron chi connectivity index (χ2n) is 2.29. The molecule has 0 aliphatic carbocycles. The molecule has 0 bridgehead atoms. The van der Waals surface area contributed by atoms with E-state index in [-0.39, 0.29) is 0 Å². The molecule has 3 nitrogen and oxygen atoms in total. The first-order valence-electron chi connectivity index (χ1n) is 3.39. The first kappa shape index (κ1) is 7.75. The van der Waals surface area contributed by atoms with E-state index in [0.29, 0.717) is 6.54 Å². The van der Waals surface area contributed by atoms with Gasteiger partial charge in [-0.3, -0.25) is 10.4 Å². The Labute approximate surface area is 65.9 Å². The summed E-state index contributed by atoms with van der Waals surface area (Å²) in [5.41, 5.74) is 1.11. The molecule has 1 rings (SSSR count). The maximum Gasteiger partial charge on any atom is 0.0961 e. The molecule has 0 amide bonds. The lowest BCUT2D eigenvalue weighted by molar-refractivity contribution is 0.445. The Balaban J connectivity index is 2.57. The molecule has 3 N–H and O–H groups in total. The maximum absolute atomic E-state index is 6.83. The first-order valence-corrected chi connectivity index (χ1v) is 3.39. The standard InChI is InChI=1S/C8H11N3/c9-7-11(10)6-8-4-2-1-3-5-8/h1-5,7,9H,6,10H2. The second-order valence-corrected chi connectivity index (χ2v) is 2.29. The Morgan fingerprint density at radius 1 is 1.36 bits per heavy atom. The van der Waals surface area contributed by atoms with E-state index in [2.05, 4.69) is 0 Å². The van der Waals surface area contributed by atoms with E-state index >= 15 is 0 Å². The van der Waals surface area contributed by atoms with Crippen LogP contribution in [0.15, 0.2) is 30.3 Å². The summed E-state index contributed by atoms with van der Waals surface area (Å²) < 4.78 is 0. The van der Waals surface area contributed by atoms with E-state index in [1.165, 1.54) is 5.01 Å². The van der Waals surface area contributed by atoms with Gasteiger partial charge in [-0.05, 0) is 5.56 Å². The minimum atomic E-state index is 0.588. The van der Waals surface area contributed by atoms with Crippen molar-refractivity contribution in [3.8, 4) is 0 Å². The van der Waals surface area contributed by atoms with Crippen LogP contribution in [0.2, 0.25) is 0 Å². The summed E-state index contributed by atoms with van der Waals surface area (Å²) in [6.45, 7) is 0.588. The summed E-state index contributed by atoms with van der Waals surface area (Å²) in [5.74, 6) is 5.40. The molecule has 0 unspecified atom stereocenters. The van der Waals surface area contributed by atoms with Crippen LogP contribution in [0.1, 0.15) is 5.56 Å². The van der Waals surface area contributed by atoms with Gasteiger partial charge in [0.2, 0.25) is 0 Å². The average molecular weight is 149 g/mol. The Morgan fingerprint density at radius 2 is 2.00 bits per heavy atom. The van der Waals surface area contributed by atoms with Crippen molar-refractivity contribution in [3.63, 3.8) is 0 Å². The van der Waals surface area contributed by atoms with Crippen LogP contribution in [-0.2, 0) is 6.54 Å². The van der Waals surface area contributed by atoms with Crippen LogP contribution in [0.5, 0.6) is 0 Å². The van der Waals surface area contributed by atoms with Gasteiger partial charge in [-0.2, -0.15) is 0 Å². The molecule has 0 saturated heterocycles. The van der Waals surface area contributed by atoms with Gasteiger partial charge in [-0.25, -0.2) is 5.84 Å². The van der Waals surface area contributed by atoms with Gasteiger partial charge in [0.1, 0.15) is 0 Å². The van der Waals surface area contributed by atoms with Crippen molar-refractivity contribution in [3.05, 3.63) is 35.9 Å². The Bertz CT molecular complexity index is 220. The molecule has 0 spiro atoms. The van der Waals surface area contributed by atoms with Crippen molar-refractivity contribution >= 4 is 6.34 Å². The van der Waals surface area contributed by atoms with Gasteiger partial charge in [0.15, 0.2) is 0 Å².